The SMILES string of the molecule is Cc1ccc(Cn2nc(C)c(C(=O)NCCSCc3ccccc3C#N)c2C)cc1. The number of hydrogen-bond acceptors (Lipinski definition) is 4. The summed E-state index contributed by atoms with van der Waals surface area (Å²) < 4.78 is 1.89. The summed E-state index contributed by atoms with van der Waals surface area (Å²) in [5.41, 5.74) is 6.39. The number of aryl methyl sites for hydroxylation is 2. The standard InChI is InChI=1S/C24H26N4OS/c1-17-8-10-20(11-9-17)15-28-19(3)23(18(2)27-28)24(29)26-12-13-30-16-22-7-5-4-6-21(22)14-25/h4-11H,12-13,15-16H2,1-3H3,(H,26,29). The number of nitrogens with one attached hydrogen (secondary N) is 1. The first-order chi connectivity index (χ1) is 14.5. The lowest BCUT2D eigenvalue weighted by Gasteiger charge is -2.08. The zero-order valence-corrected chi connectivity index (χ0v) is 18.4. The smallest absolute Gasteiger partial charge is 0.255 e. The van der Waals surface area contributed by atoms with Crippen LogP contribution in [0.15, 0.2) is 48.5 Å². The molecule has 0 radical (unpaired) electrons. The predicted molar refractivity (Wildman–Crippen MR) is 122 cm³/mol. The minimum atomic E-state index is -0.0850. The molecule has 2 aromatic carbocycles. The second-order valence-electron chi connectivity index (χ2n) is 7.27. The van der Waals surface area contributed by atoms with E-state index < -0.39 is 0 Å². The Labute approximate surface area is 182 Å². The van der Waals surface area contributed by atoms with Gasteiger partial charge in [-0.25, -0.2) is 0 Å². The third kappa shape index (κ3) is 5.31. The van der Waals surface area contributed by atoms with Crippen LogP contribution in [0.5, 0.6) is 0 Å². The Kier molecular flexibility index (Phi) is 7.31. The van der Waals surface area contributed by atoms with Crippen molar-refractivity contribution in [3.8, 4) is 6.07 Å². The molecule has 5 nitrogen and oxygen atoms in total. The molecule has 0 aliphatic rings. The van der Waals surface area contributed by atoms with Crippen LogP contribution in [0.4, 0.5) is 0 Å². The Morgan fingerprint density at radius 2 is 1.87 bits per heavy atom. The maximum absolute atomic E-state index is 12.7. The molecule has 30 heavy (non-hydrogen) atoms. The van der Waals surface area contributed by atoms with Gasteiger partial charge in [-0.3, -0.25) is 9.48 Å². The van der Waals surface area contributed by atoms with Gasteiger partial charge in [0.05, 0.1) is 29.4 Å². The molecule has 0 saturated carbocycles. The van der Waals surface area contributed by atoms with Crippen molar-refractivity contribution in [2.24, 2.45) is 0 Å². The molecule has 0 aliphatic heterocycles. The van der Waals surface area contributed by atoms with Gasteiger partial charge >= 0.3 is 0 Å². The fraction of sp³-hybridized carbons (Fsp3) is 0.292. The van der Waals surface area contributed by atoms with Crippen molar-refractivity contribution >= 4 is 17.7 Å². The summed E-state index contributed by atoms with van der Waals surface area (Å²) in [6.45, 7) is 7.10. The number of aromatic nitrogens is 2. The average Bonchev–Trinajstić information content (AvgIpc) is 3.02. The van der Waals surface area contributed by atoms with Gasteiger partial charge < -0.3 is 5.32 Å². The van der Waals surface area contributed by atoms with Crippen LogP contribution in [0.25, 0.3) is 0 Å². The van der Waals surface area contributed by atoms with Crippen molar-refractivity contribution < 1.29 is 4.79 Å². The minimum Gasteiger partial charge on any atom is -0.351 e. The quantitative estimate of drug-likeness (QED) is 0.551. The molecule has 0 spiro atoms. The van der Waals surface area contributed by atoms with E-state index in [1.807, 2.05) is 42.8 Å². The maximum Gasteiger partial charge on any atom is 0.255 e. The first kappa shape index (κ1) is 21.7. The van der Waals surface area contributed by atoms with E-state index in [4.69, 9.17) is 5.26 Å². The van der Waals surface area contributed by atoms with Crippen molar-refractivity contribution in [1.29, 1.82) is 5.26 Å². The number of hydrogen-bond donors (Lipinski definition) is 1. The Morgan fingerprint density at radius 3 is 2.60 bits per heavy atom. The van der Waals surface area contributed by atoms with E-state index >= 15 is 0 Å². The molecule has 3 aromatic rings. The van der Waals surface area contributed by atoms with Crippen LogP contribution in [0, 0.1) is 32.1 Å². The van der Waals surface area contributed by atoms with E-state index in [9.17, 15) is 4.79 Å². The lowest BCUT2D eigenvalue weighted by Crippen LogP contribution is -2.26. The highest BCUT2D eigenvalue weighted by molar-refractivity contribution is 7.98. The summed E-state index contributed by atoms with van der Waals surface area (Å²) in [5, 5.41) is 16.7. The molecule has 0 saturated heterocycles. The number of amides is 1. The van der Waals surface area contributed by atoms with Crippen LogP contribution in [0.1, 0.15) is 44.0 Å². The minimum absolute atomic E-state index is 0.0850. The topological polar surface area (TPSA) is 70.7 Å². The lowest BCUT2D eigenvalue weighted by molar-refractivity contribution is 0.0955. The molecule has 1 aromatic heterocycles. The van der Waals surface area contributed by atoms with Gasteiger partial charge in [-0.05, 0) is 38.0 Å². The van der Waals surface area contributed by atoms with Crippen molar-refractivity contribution in [3.63, 3.8) is 0 Å². The molecule has 0 fully saturated rings. The van der Waals surface area contributed by atoms with Crippen molar-refractivity contribution in [3.05, 3.63) is 87.7 Å². The zero-order valence-electron chi connectivity index (χ0n) is 17.6. The number of benzene rings is 2. The lowest BCUT2D eigenvalue weighted by atomic mass is 10.1. The molecular weight excluding hydrogens is 392 g/mol. The average molecular weight is 419 g/mol. The van der Waals surface area contributed by atoms with Gasteiger partial charge in [-0.2, -0.15) is 22.1 Å². The van der Waals surface area contributed by atoms with Gasteiger partial charge in [0.25, 0.3) is 5.91 Å². The Balaban J connectivity index is 1.53. The second kappa shape index (κ2) is 10.1. The molecule has 1 N–H and O–H groups in total. The van der Waals surface area contributed by atoms with Gasteiger partial charge in [0.2, 0.25) is 0 Å². The van der Waals surface area contributed by atoms with Gasteiger partial charge in [0.1, 0.15) is 0 Å². The number of thioether (sulfide) groups is 1. The van der Waals surface area contributed by atoms with Crippen molar-refractivity contribution in [2.75, 3.05) is 12.3 Å². The van der Waals surface area contributed by atoms with Gasteiger partial charge in [-0.15, -0.1) is 0 Å². The van der Waals surface area contributed by atoms with Crippen LogP contribution < -0.4 is 5.32 Å². The molecule has 0 unspecified atom stereocenters. The number of carbonyl (C=O) groups is 1. The van der Waals surface area contributed by atoms with Crippen LogP contribution in [0.3, 0.4) is 0 Å². The number of nitriles is 1. The molecule has 0 aliphatic carbocycles. The number of nitrogens with zero attached hydrogens (tertiary/aromatic N) is 3. The number of rotatable bonds is 8. The van der Waals surface area contributed by atoms with E-state index in [0.717, 1.165) is 34.0 Å². The summed E-state index contributed by atoms with van der Waals surface area (Å²) >= 11 is 1.70. The van der Waals surface area contributed by atoms with E-state index in [-0.39, 0.29) is 5.91 Å². The van der Waals surface area contributed by atoms with Crippen LogP contribution in [-0.2, 0) is 12.3 Å². The summed E-state index contributed by atoms with van der Waals surface area (Å²) in [6.07, 6.45) is 0. The molecule has 0 bridgehead atoms. The molecule has 6 heteroatoms. The highest BCUT2D eigenvalue weighted by atomic mass is 32.2. The van der Waals surface area contributed by atoms with Crippen LogP contribution >= 0.6 is 11.8 Å². The molecule has 3 rings (SSSR count). The van der Waals surface area contributed by atoms with Gasteiger partial charge in [0, 0.05) is 23.7 Å². The Bertz CT molecular complexity index is 1060. The molecule has 0 atom stereocenters. The maximum atomic E-state index is 12.7. The largest absolute Gasteiger partial charge is 0.351 e. The van der Waals surface area contributed by atoms with Crippen LogP contribution in [0.2, 0.25) is 0 Å². The third-order valence-corrected chi connectivity index (χ3v) is 6.00. The zero-order chi connectivity index (χ0) is 21.5. The first-order valence-electron chi connectivity index (χ1n) is 9.93. The molecule has 1 heterocycles. The van der Waals surface area contributed by atoms with Crippen molar-refractivity contribution in [2.45, 2.75) is 33.1 Å². The van der Waals surface area contributed by atoms with E-state index in [0.29, 0.717) is 24.2 Å². The molecule has 154 valence electrons. The number of carbonyl (C=O) groups excluding carboxylic acids is 1. The highest BCUT2D eigenvalue weighted by Gasteiger charge is 2.18. The summed E-state index contributed by atoms with van der Waals surface area (Å²) in [6, 6.07) is 18.2. The fourth-order valence-electron chi connectivity index (χ4n) is 3.31. The second-order valence-corrected chi connectivity index (χ2v) is 8.37. The summed E-state index contributed by atoms with van der Waals surface area (Å²) in [5.74, 6) is 1.45. The van der Waals surface area contributed by atoms with E-state index in [2.05, 4.69) is 47.7 Å². The fourth-order valence-corrected chi connectivity index (χ4v) is 4.17. The normalized spacial score (nSPS) is 10.6. The summed E-state index contributed by atoms with van der Waals surface area (Å²) in [7, 11) is 0. The summed E-state index contributed by atoms with van der Waals surface area (Å²) in [4.78, 5) is 12.7. The Hall–Kier alpha value is -3.04. The predicted octanol–water partition coefficient (Wildman–Crippen LogP) is 4.39. The Morgan fingerprint density at radius 1 is 1.13 bits per heavy atom. The van der Waals surface area contributed by atoms with Gasteiger partial charge in [-0.1, -0.05) is 48.0 Å². The van der Waals surface area contributed by atoms with Crippen molar-refractivity contribution in [1.82, 2.24) is 15.1 Å². The third-order valence-electron chi connectivity index (χ3n) is 4.99. The van der Waals surface area contributed by atoms with Gasteiger partial charge in [0.15, 0.2) is 0 Å². The highest BCUT2D eigenvalue weighted by Crippen LogP contribution is 2.17. The van der Waals surface area contributed by atoms with Crippen LogP contribution in [-0.4, -0.2) is 28.0 Å². The van der Waals surface area contributed by atoms with E-state index in [1.54, 1.807) is 11.8 Å². The molecular formula is C24H26N4OS. The molecule has 1 amide bonds. The van der Waals surface area contributed by atoms with E-state index in [1.165, 1.54) is 5.56 Å². The first-order valence-corrected chi connectivity index (χ1v) is 11.1. The monoisotopic (exact) mass is 418 g/mol.